The lowest BCUT2D eigenvalue weighted by atomic mass is 9.48. The van der Waals surface area contributed by atoms with Gasteiger partial charge in [0, 0.05) is 42.7 Å². The van der Waals surface area contributed by atoms with Crippen LogP contribution in [0.2, 0.25) is 0 Å². The highest BCUT2D eigenvalue weighted by atomic mass is 16.5. The number of rotatable bonds is 6. The summed E-state index contributed by atoms with van der Waals surface area (Å²) in [6, 6.07) is 11.9. The Balaban J connectivity index is 1.34. The summed E-state index contributed by atoms with van der Waals surface area (Å²) in [7, 11) is 3.49. The Morgan fingerprint density at radius 3 is 2.76 bits per heavy atom. The third-order valence-corrected chi connectivity index (χ3v) is 9.95. The predicted molar refractivity (Wildman–Crippen MR) is 148 cm³/mol. The third-order valence-electron chi connectivity index (χ3n) is 9.95. The molecule has 0 unspecified atom stereocenters. The maximum atomic E-state index is 13.3. The van der Waals surface area contributed by atoms with Crippen molar-refractivity contribution in [3.63, 3.8) is 0 Å². The lowest BCUT2D eigenvalue weighted by Gasteiger charge is -2.65. The van der Waals surface area contributed by atoms with Gasteiger partial charge in [0.15, 0.2) is 11.5 Å². The third kappa shape index (κ3) is 4.04. The summed E-state index contributed by atoms with van der Waals surface area (Å²) in [6.07, 6.45) is 9.70. The number of nitrogens with zero attached hydrogens (tertiary/aromatic N) is 2. The minimum atomic E-state index is -0.925. The number of aryl methyl sites for hydroxylation is 1. The highest BCUT2D eigenvalue weighted by molar-refractivity contribution is 5.91. The normalized spacial score (nSPS) is 30.5. The number of likely N-dealkylation sites (tertiary alicyclic amines) is 1. The van der Waals surface area contributed by atoms with Crippen LogP contribution in [0.25, 0.3) is 6.08 Å². The first-order chi connectivity index (χ1) is 18.3. The van der Waals surface area contributed by atoms with Crippen LogP contribution in [0.4, 0.5) is 0 Å². The topological polar surface area (TPSA) is 73.2 Å². The number of phenolic OH excluding ortho intramolecular Hbond substituents is 1. The van der Waals surface area contributed by atoms with Gasteiger partial charge >= 0.3 is 0 Å². The number of phenols is 1. The Morgan fingerprint density at radius 1 is 1.21 bits per heavy atom. The van der Waals surface area contributed by atoms with Gasteiger partial charge < -0.3 is 19.8 Å². The maximum Gasteiger partial charge on any atom is 0.246 e. The van der Waals surface area contributed by atoms with Crippen molar-refractivity contribution in [3.8, 4) is 11.5 Å². The number of hydrogen-bond donors (Lipinski definition) is 2. The number of amides is 1. The van der Waals surface area contributed by atoms with E-state index in [-0.39, 0.29) is 23.7 Å². The molecule has 2 aromatic carbocycles. The Kier molecular flexibility index (Phi) is 6.31. The molecule has 3 aliphatic carbocycles. The summed E-state index contributed by atoms with van der Waals surface area (Å²) < 4.78 is 5.80. The summed E-state index contributed by atoms with van der Waals surface area (Å²) in [6.45, 7) is 4.02. The van der Waals surface area contributed by atoms with Gasteiger partial charge in [-0.25, -0.2) is 0 Å². The summed E-state index contributed by atoms with van der Waals surface area (Å²) in [5.41, 5.74) is 2.79. The zero-order chi connectivity index (χ0) is 26.7. The van der Waals surface area contributed by atoms with Crippen molar-refractivity contribution in [3.05, 3.63) is 64.7 Å². The lowest BCUT2D eigenvalue weighted by molar-refractivity contribution is -0.178. The highest BCUT2D eigenvalue weighted by Gasteiger charge is 2.66. The number of fused-ring (bicyclic) bond motifs is 1. The van der Waals surface area contributed by atoms with Crippen molar-refractivity contribution in [1.29, 1.82) is 0 Å². The fourth-order valence-corrected chi connectivity index (χ4v) is 7.79. The molecule has 0 spiro atoms. The van der Waals surface area contributed by atoms with Gasteiger partial charge in [0.2, 0.25) is 5.91 Å². The maximum absolute atomic E-state index is 13.3. The molecule has 1 amide bonds. The number of ether oxygens (including phenoxy) is 1. The molecule has 2 bridgehead atoms. The van der Waals surface area contributed by atoms with E-state index in [1.165, 1.54) is 12.8 Å². The van der Waals surface area contributed by atoms with Crippen LogP contribution in [0, 0.1) is 12.8 Å². The average Bonchev–Trinajstić information content (AvgIpc) is 3.72. The molecule has 4 atom stereocenters. The Morgan fingerprint density at radius 2 is 2.03 bits per heavy atom. The molecule has 0 aromatic heterocycles. The Bertz CT molecular complexity index is 1270. The zero-order valence-electron chi connectivity index (χ0n) is 22.8. The number of carbonyl (C=O) groups excluding carboxylic acids is 1. The van der Waals surface area contributed by atoms with E-state index in [1.54, 1.807) is 19.3 Å². The van der Waals surface area contributed by atoms with Crippen molar-refractivity contribution in [1.82, 2.24) is 9.80 Å². The van der Waals surface area contributed by atoms with Gasteiger partial charge in [-0.15, -0.1) is 0 Å². The van der Waals surface area contributed by atoms with Crippen molar-refractivity contribution in [2.75, 3.05) is 27.2 Å². The van der Waals surface area contributed by atoms with E-state index in [2.05, 4.69) is 11.0 Å². The van der Waals surface area contributed by atoms with Gasteiger partial charge in [0.25, 0.3) is 0 Å². The van der Waals surface area contributed by atoms with E-state index in [4.69, 9.17) is 4.74 Å². The van der Waals surface area contributed by atoms with E-state index in [1.807, 2.05) is 49.2 Å². The van der Waals surface area contributed by atoms with Gasteiger partial charge in [-0.2, -0.15) is 0 Å². The van der Waals surface area contributed by atoms with E-state index in [0.29, 0.717) is 18.6 Å². The van der Waals surface area contributed by atoms with Crippen LogP contribution in [0.5, 0.6) is 11.5 Å². The molecule has 2 N–H and O–H groups in total. The second-order valence-corrected chi connectivity index (χ2v) is 12.2. The average molecular weight is 517 g/mol. The number of benzene rings is 2. The number of methoxy groups -OCH3 is 1. The van der Waals surface area contributed by atoms with E-state index in [9.17, 15) is 15.0 Å². The fourth-order valence-electron chi connectivity index (χ4n) is 7.79. The smallest absolute Gasteiger partial charge is 0.246 e. The molecule has 6 nitrogen and oxygen atoms in total. The fraction of sp³-hybridized carbons (Fsp3) is 0.531. The number of likely N-dealkylation sites (N-methyl/N-ethyl adjacent to an activating group) is 1. The first-order valence-corrected chi connectivity index (χ1v) is 14.1. The zero-order valence-corrected chi connectivity index (χ0v) is 22.8. The SMILES string of the molecule is COc1c(O)ccc2c1[C@]13CCN(CC4CC4)[C@H](C2)[C@]1(O)CC[C@@H](N(C)C(=O)C=Cc1cccc(C)c1)C3. The molecule has 1 heterocycles. The number of aromatic hydroxyl groups is 1. The molecule has 202 valence electrons. The van der Waals surface area contributed by atoms with Crippen LogP contribution in [-0.2, 0) is 16.6 Å². The second kappa shape index (κ2) is 9.42. The van der Waals surface area contributed by atoms with Crippen LogP contribution in [-0.4, -0.2) is 70.9 Å². The molecule has 0 radical (unpaired) electrons. The Hall–Kier alpha value is -2.83. The minimum Gasteiger partial charge on any atom is -0.504 e. The highest BCUT2D eigenvalue weighted by Crippen LogP contribution is 2.61. The van der Waals surface area contributed by atoms with Crippen molar-refractivity contribution in [2.45, 2.75) is 75.0 Å². The summed E-state index contributed by atoms with van der Waals surface area (Å²) in [5, 5.41) is 23.4. The largest absolute Gasteiger partial charge is 0.504 e. The first-order valence-electron chi connectivity index (χ1n) is 14.1. The number of aliphatic hydroxyl groups is 1. The van der Waals surface area contributed by atoms with E-state index >= 15 is 0 Å². The first kappa shape index (κ1) is 25.4. The van der Waals surface area contributed by atoms with Gasteiger partial charge in [0.05, 0.1) is 12.7 Å². The molecule has 6 rings (SSSR count). The molecule has 1 saturated heterocycles. The summed E-state index contributed by atoms with van der Waals surface area (Å²) in [4.78, 5) is 17.7. The van der Waals surface area contributed by atoms with Gasteiger partial charge in [-0.1, -0.05) is 35.9 Å². The minimum absolute atomic E-state index is 0.0152. The molecule has 38 heavy (non-hydrogen) atoms. The molecule has 2 aromatic rings. The molecular formula is C32H40N2O4. The van der Waals surface area contributed by atoms with Crippen LogP contribution >= 0.6 is 0 Å². The van der Waals surface area contributed by atoms with Crippen molar-refractivity contribution < 1.29 is 19.7 Å². The van der Waals surface area contributed by atoms with Gasteiger partial charge in [-0.3, -0.25) is 9.69 Å². The molecule has 3 fully saturated rings. The number of piperidine rings is 1. The monoisotopic (exact) mass is 516 g/mol. The second-order valence-electron chi connectivity index (χ2n) is 12.2. The molecule has 4 aliphatic rings. The lowest BCUT2D eigenvalue weighted by Crippen LogP contribution is -2.74. The van der Waals surface area contributed by atoms with E-state index in [0.717, 1.165) is 60.5 Å². The Labute approximate surface area is 225 Å². The van der Waals surface area contributed by atoms with E-state index < -0.39 is 11.0 Å². The predicted octanol–water partition coefficient (Wildman–Crippen LogP) is 4.44. The number of hydrogen-bond acceptors (Lipinski definition) is 5. The van der Waals surface area contributed by atoms with Crippen molar-refractivity contribution >= 4 is 12.0 Å². The van der Waals surface area contributed by atoms with Gasteiger partial charge in [-0.05, 0) is 87.6 Å². The van der Waals surface area contributed by atoms with Crippen LogP contribution in [0.15, 0.2) is 42.5 Å². The quantitative estimate of drug-likeness (QED) is 0.556. The number of carbonyl (C=O) groups is 1. The van der Waals surface area contributed by atoms with Crippen LogP contribution in [0.1, 0.15) is 60.8 Å². The molecular weight excluding hydrogens is 476 g/mol. The summed E-state index contributed by atoms with van der Waals surface area (Å²) in [5.74, 6) is 1.33. The summed E-state index contributed by atoms with van der Waals surface area (Å²) >= 11 is 0. The molecule has 2 saturated carbocycles. The van der Waals surface area contributed by atoms with Crippen molar-refractivity contribution in [2.24, 2.45) is 5.92 Å². The standard InChI is InChI=1S/C32H40N2O4/c1-21-5-4-6-22(17-21)9-12-28(36)33(2)25-13-14-32(37)27-18-24-10-11-26(35)30(38-3)29(24)31(32,19-25)15-16-34(27)20-23-7-8-23/h4-6,9-12,17,23,25,27,35,37H,7-8,13-16,18-20H2,1-3H3/t25-,27-,31-,32-/m1/s1. The van der Waals surface area contributed by atoms with Crippen LogP contribution in [0.3, 0.4) is 0 Å². The van der Waals surface area contributed by atoms with Gasteiger partial charge in [0.1, 0.15) is 0 Å². The molecule has 1 aliphatic heterocycles. The van der Waals surface area contributed by atoms with Crippen LogP contribution < -0.4 is 4.74 Å². The molecule has 6 heteroatoms.